The van der Waals surface area contributed by atoms with Crippen LogP contribution in [0.5, 0.6) is 5.75 Å². The van der Waals surface area contributed by atoms with Crippen LogP contribution >= 0.6 is 0 Å². The van der Waals surface area contributed by atoms with Crippen LogP contribution in [0.4, 0.5) is 5.82 Å². The molecule has 30 heavy (non-hydrogen) atoms. The van der Waals surface area contributed by atoms with Crippen molar-refractivity contribution < 1.29 is 9.53 Å². The summed E-state index contributed by atoms with van der Waals surface area (Å²) >= 11 is 0. The first-order valence-electron chi connectivity index (χ1n) is 10.6. The van der Waals surface area contributed by atoms with Crippen molar-refractivity contribution in [1.29, 1.82) is 0 Å². The van der Waals surface area contributed by atoms with Gasteiger partial charge in [0, 0.05) is 12.0 Å². The topological polar surface area (TPSA) is 64.1 Å². The van der Waals surface area contributed by atoms with Crippen LogP contribution in [0, 0.1) is 0 Å². The van der Waals surface area contributed by atoms with Crippen molar-refractivity contribution in [2.45, 2.75) is 45.4 Å². The van der Waals surface area contributed by atoms with Crippen LogP contribution in [-0.2, 0) is 30.5 Å². The number of hydrogen-bond acceptors (Lipinski definition) is 4. The van der Waals surface area contributed by atoms with E-state index in [1.807, 2.05) is 36.4 Å². The van der Waals surface area contributed by atoms with Crippen LogP contribution in [0.2, 0.25) is 0 Å². The van der Waals surface area contributed by atoms with Gasteiger partial charge in [0.1, 0.15) is 5.75 Å². The second-order valence-corrected chi connectivity index (χ2v) is 7.62. The number of methoxy groups -OCH3 is 1. The molecule has 0 unspecified atom stereocenters. The summed E-state index contributed by atoms with van der Waals surface area (Å²) in [6.45, 7) is 2.11. The van der Waals surface area contributed by atoms with Gasteiger partial charge in [0.2, 0.25) is 5.91 Å². The van der Waals surface area contributed by atoms with Gasteiger partial charge in [-0.15, -0.1) is 0 Å². The molecule has 3 aromatic rings. The third kappa shape index (κ3) is 4.35. The van der Waals surface area contributed by atoms with E-state index in [4.69, 9.17) is 14.7 Å². The summed E-state index contributed by atoms with van der Waals surface area (Å²) in [6, 6.07) is 16.2. The number of nitrogens with one attached hydrogen (secondary N) is 1. The Labute approximate surface area is 177 Å². The van der Waals surface area contributed by atoms with Crippen LogP contribution in [0.3, 0.4) is 0 Å². The molecular formula is C25H27N3O2. The number of aromatic nitrogens is 2. The number of carbonyl (C=O) groups is 1. The van der Waals surface area contributed by atoms with Gasteiger partial charge in [0.15, 0.2) is 5.82 Å². The molecule has 0 spiro atoms. The molecule has 2 aromatic carbocycles. The van der Waals surface area contributed by atoms with Crippen molar-refractivity contribution >= 4 is 11.7 Å². The first-order valence-corrected chi connectivity index (χ1v) is 10.6. The first-order chi connectivity index (χ1) is 14.7. The zero-order valence-corrected chi connectivity index (χ0v) is 17.6. The molecule has 0 fully saturated rings. The van der Waals surface area contributed by atoms with Crippen LogP contribution in [0.25, 0.3) is 11.3 Å². The van der Waals surface area contributed by atoms with E-state index in [-0.39, 0.29) is 5.91 Å². The summed E-state index contributed by atoms with van der Waals surface area (Å²) in [7, 11) is 1.68. The zero-order chi connectivity index (χ0) is 20.9. The third-order valence-electron chi connectivity index (χ3n) is 5.47. The molecule has 154 valence electrons. The van der Waals surface area contributed by atoms with Gasteiger partial charge in [0.05, 0.1) is 24.2 Å². The number of carbonyl (C=O) groups excluding carboxylic acids is 1. The van der Waals surface area contributed by atoms with E-state index < -0.39 is 0 Å². The fourth-order valence-electron chi connectivity index (χ4n) is 3.89. The number of ether oxygens (including phenoxy) is 1. The minimum absolute atomic E-state index is 0.0218. The van der Waals surface area contributed by atoms with Gasteiger partial charge < -0.3 is 10.1 Å². The maximum absolute atomic E-state index is 12.6. The minimum Gasteiger partial charge on any atom is -0.497 e. The van der Waals surface area contributed by atoms with E-state index in [1.165, 1.54) is 5.56 Å². The predicted octanol–water partition coefficient (Wildman–Crippen LogP) is 4.77. The molecule has 0 bridgehead atoms. The van der Waals surface area contributed by atoms with Crippen molar-refractivity contribution in [1.82, 2.24) is 9.97 Å². The summed E-state index contributed by atoms with van der Waals surface area (Å²) in [4.78, 5) is 22.4. The van der Waals surface area contributed by atoms with Gasteiger partial charge in [-0.3, -0.25) is 4.79 Å². The highest BCUT2D eigenvalue weighted by Crippen LogP contribution is 2.35. The second kappa shape index (κ2) is 9.08. The third-order valence-corrected chi connectivity index (χ3v) is 5.47. The smallest absolute Gasteiger partial charge is 0.225 e. The Bertz CT molecular complexity index is 1050. The molecule has 1 aliphatic rings. The number of benzene rings is 2. The summed E-state index contributed by atoms with van der Waals surface area (Å²) in [5.41, 5.74) is 6.25. The van der Waals surface area contributed by atoms with Gasteiger partial charge in [0.25, 0.3) is 0 Å². The molecule has 1 amide bonds. The highest BCUT2D eigenvalue weighted by atomic mass is 16.5. The maximum atomic E-state index is 12.6. The molecule has 0 aliphatic heterocycles. The van der Waals surface area contributed by atoms with Gasteiger partial charge in [-0.25, -0.2) is 9.97 Å². The average Bonchev–Trinajstić information content (AvgIpc) is 2.78. The molecule has 0 atom stereocenters. The van der Waals surface area contributed by atoms with E-state index in [9.17, 15) is 4.79 Å². The molecule has 4 rings (SSSR count). The number of amides is 1. The lowest BCUT2D eigenvalue weighted by Crippen LogP contribution is -2.18. The molecular weight excluding hydrogens is 374 g/mol. The van der Waals surface area contributed by atoms with Crippen LogP contribution < -0.4 is 10.1 Å². The molecule has 0 radical (unpaired) electrons. The number of fused-ring (bicyclic) bond motifs is 3. The van der Waals surface area contributed by atoms with Gasteiger partial charge in [-0.05, 0) is 55.0 Å². The van der Waals surface area contributed by atoms with Gasteiger partial charge in [-0.1, -0.05) is 43.7 Å². The van der Waals surface area contributed by atoms with Crippen molar-refractivity contribution in [3.8, 4) is 17.0 Å². The Morgan fingerprint density at radius 1 is 1.07 bits per heavy atom. The molecule has 1 aliphatic carbocycles. The summed E-state index contributed by atoms with van der Waals surface area (Å²) in [5, 5.41) is 3.03. The number of hydrogen-bond donors (Lipinski definition) is 1. The molecule has 5 heteroatoms. The van der Waals surface area contributed by atoms with E-state index in [1.54, 1.807) is 7.11 Å². The number of rotatable bonds is 7. The lowest BCUT2D eigenvalue weighted by molar-refractivity contribution is -0.116. The Hall–Kier alpha value is -3.21. The number of aryl methyl sites for hydroxylation is 4. The fourth-order valence-corrected chi connectivity index (χ4v) is 3.89. The Balaban J connectivity index is 1.57. The van der Waals surface area contributed by atoms with Gasteiger partial charge in [-0.2, -0.15) is 0 Å². The largest absolute Gasteiger partial charge is 0.497 e. The van der Waals surface area contributed by atoms with E-state index in [0.717, 1.165) is 59.6 Å². The molecule has 1 heterocycles. The molecule has 0 saturated carbocycles. The quantitative estimate of drug-likeness (QED) is 0.619. The van der Waals surface area contributed by atoms with Crippen LogP contribution in [0.15, 0.2) is 48.5 Å². The Morgan fingerprint density at radius 3 is 2.67 bits per heavy atom. The van der Waals surface area contributed by atoms with E-state index in [2.05, 4.69) is 24.4 Å². The summed E-state index contributed by atoms with van der Waals surface area (Å²) in [5.74, 6) is 1.46. The standard InChI is InChI=1S/C25H27N3O2/c1-3-7-22-25(28-23(29)15-10-17-8-5-4-6-9-17)27-21-14-11-18-16-19(30-2)12-13-20(18)24(21)26-22/h4-6,8-9,12-13,16H,3,7,10-11,14-15H2,1-2H3,(H,27,28,29). The van der Waals surface area contributed by atoms with Crippen LogP contribution in [0.1, 0.15) is 42.3 Å². The highest BCUT2D eigenvalue weighted by Gasteiger charge is 2.22. The average molecular weight is 402 g/mol. The minimum atomic E-state index is -0.0218. The van der Waals surface area contributed by atoms with Crippen molar-refractivity contribution in [2.24, 2.45) is 0 Å². The predicted molar refractivity (Wildman–Crippen MR) is 119 cm³/mol. The summed E-state index contributed by atoms with van der Waals surface area (Å²) < 4.78 is 5.36. The Kier molecular flexibility index (Phi) is 6.07. The number of nitrogens with zero attached hydrogens (tertiary/aromatic N) is 2. The normalized spacial score (nSPS) is 12.1. The SMILES string of the molecule is CCCc1nc2c(nc1NC(=O)CCc1ccccc1)CCc1cc(OC)ccc1-2. The van der Waals surface area contributed by atoms with Crippen LogP contribution in [-0.4, -0.2) is 23.0 Å². The molecule has 1 aromatic heterocycles. The van der Waals surface area contributed by atoms with E-state index >= 15 is 0 Å². The molecule has 5 nitrogen and oxygen atoms in total. The van der Waals surface area contributed by atoms with Crippen molar-refractivity contribution in [2.75, 3.05) is 12.4 Å². The zero-order valence-electron chi connectivity index (χ0n) is 17.6. The van der Waals surface area contributed by atoms with Gasteiger partial charge >= 0.3 is 0 Å². The highest BCUT2D eigenvalue weighted by molar-refractivity contribution is 5.90. The summed E-state index contributed by atoms with van der Waals surface area (Å²) in [6.07, 6.45) is 4.56. The molecule has 0 saturated heterocycles. The van der Waals surface area contributed by atoms with Crippen molar-refractivity contribution in [3.63, 3.8) is 0 Å². The van der Waals surface area contributed by atoms with E-state index in [0.29, 0.717) is 18.7 Å². The Morgan fingerprint density at radius 2 is 1.90 bits per heavy atom. The second-order valence-electron chi connectivity index (χ2n) is 7.62. The first kappa shape index (κ1) is 20.1. The molecule has 1 N–H and O–H groups in total. The van der Waals surface area contributed by atoms with Crippen molar-refractivity contribution in [3.05, 3.63) is 71.0 Å². The lowest BCUT2D eigenvalue weighted by atomic mass is 9.91. The fraction of sp³-hybridized carbons (Fsp3) is 0.320. The maximum Gasteiger partial charge on any atom is 0.225 e. The lowest BCUT2D eigenvalue weighted by Gasteiger charge is -2.21. The number of anilines is 1. The monoisotopic (exact) mass is 401 g/mol.